The molecule has 1 amide bonds. The molecule has 6 nitrogen and oxygen atoms in total. The first kappa shape index (κ1) is 22.1. The van der Waals surface area contributed by atoms with E-state index in [1.165, 1.54) is 24.3 Å². The zero-order chi connectivity index (χ0) is 21.7. The average molecular weight is 510 g/mol. The van der Waals surface area contributed by atoms with Crippen molar-refractivity contribution in [3.05, 3.63) is 81.8 Å². The predicted molar refractivity (Wildman–Crippen MR) is 122 cm³/mol. The van der Waals surface area contributed by atoms with Gasteiger partial charge in [0.05, 0.1) is 4.90 Å². The highest BCUT2D eigenvalue weighted by Crippen LogP contribution is 2.22. The first-order valence-electron chi connectivity index (χ1n) is 8.80. The molecule has 0 aliphatic heterocycles. The van der Waals surface area contributed by atoms with Crippen molar-refractivity contribution in [1.29, 1.82) is 0 Å². The molecule has 3 rings (SSSR count). The normalized spacial score (nSPS) is 11.0. The molecule has 0 spiro atoms. The number of amides is 1. The Kier molecular flexibility index (Phi) is 7.02. The van der Waals surface area contributed by atoms with Crippen LogP contribution in [0.5, 0.6) is 5.75 Å². The Balaban J connectivity index is 1.57. The highest BCUT2D eigenvalue weighted by atomic mass is 79.9. The molecule has 0 aromatic heterocycles. The number of anilines is 2. The van der Waals surface area contributed by atoms with E-state index in [1.54, 1.807) is 42.5 Å². The first-order chi connectivity index (χ1) is 14.2. The minimum atomic E-state index is -3.74. The summed E-state index contributed by atoms with van der Waals surface area (Å²) in [5, 5.41) is 3.25. The van der Waals surface area contributed by atoms with Gasteiger partial charge in [-0.1, -0.05) is 33.6 Å². The van der Waals surface area contributed by atoms with Crippen LogP contribution in [-0.4, -0.2) is 20.9 Å². The zero-order valence-corrected chi connectivity index (χ0v) is 19.0. The molecule has 0 heterocycles. The van der Waals surface area contributed by atoms with Gasteiger partial charge in [-0.3, -0.25) is 9.52 Å². The van der Waals surface area contributed by atoms with E-state index in [-0.39, 0.29) is 17.4 Å². The second kappa shape index (κ2) is 9.51. The predicted octanol–water partition coefficient (Wildman–Crippen LogP) is 5.23. The van der Waals surface area contributed by atoms with Crippen molar-refractivity contribution in [3.63, 3.8) is 0 Å². The van der Waals surface area contributed by atoms with Gasteiger partial charge >= 0.3 is 0 Å². The van der Waals surface area contributed by atoms with Crippen molar-refractivity contribution < 1.29 is 17.9 Å². The second-order valence-corrected chi connectivity index (χ2v) is 9.39. The molecule has 0 atom stereocenters. The molecule has 0 fully saturated rings. The number of halogens is 2. The van der Waals surface area contributed by atoms with E-state index in [9.17, 15) is 13.2 Å². The van der Waals surface area contributed by atoms with Crippen molar-refractivity contribution >= 4 is 54.8 Å². The lowest BCUT2D eigenvalue weighted by atomic mass is 10.2. The van der Waals surface area contributed by atoms with E-state index < -0.39 is 10.0 Å². The molecule has 0 saturated carbocycles. The average Bonchev–Trinajstić information content (AvgIpc) is 2.71. The Morgan fingerprint density at radius 3 is 2.27 bits per heavy atom. The maximum atomic E-state index is 12.5. The maximum Gasteiger partial charge on any atom is 0.262 e. The summed E-state index contributed by atoms with van der Waals surface area (Å²) in [6.07, 6.45) is 0. The van der Waals surface area contributed by atoms with Crippen LogP contribution in [0.1, 0.15) is 5.56 Å². The van der Waals surface area contributed by atoms with E-state index in [4.69, 9.17) is 16.3 Å². The van der Waals surface area contributed by atoms with Crippen LogP contribution in [0.3, 0.4) is 0 Å². The summed E-state index contributed by atoms with van der Waals surface area (Å²) in [5.74, 6) is 0.0122. The van der Waals surface area contributed by atoms with Crippen molar-refractivity contribution in [2.45, 2.75) is 11.8 Å². The number of carbonyl (C=O) groups excluding carboxylic acids is 1. The lowest BCUT2D eigenvalue weighted by Gasteiger charge is -2.10. The third-order valence-corrected chi connectivity index (χ3v) is 6.39. The van der Waals surface area contributed by atoms with Crippen molar-refractivity contribution in [2.24, 2.45) is 0 Å². The monoisotopic (exact) mass is 508 g/mol. The van der Waals surface area contributed by atoms with Crippen molar-refractivity contribution in [2.75, 3.05) is 16.6 Å². The van der Waals surface area contributed by atoms with E-state index in [0.29, 0.717) is 22.1 Å². The molecular formula is C21H18BrClN2O4S. The number of carbonyl (C=O) groups is 1. The van der Waals surface area contributed by atoms with E-state index >= 15 is 0 Å². The van der Waals surface area contributed by atoms with E-state index in [1.807, 2.05) is 6.92 Å². The van der Waals surface area contributed by atoms with E-state index in [2.05, 4.69) is 26.0 Å². The Morgan fingerprint density at radius 1 is 1.00 bits per heavy atom. The third kappa shape index (κ3) is 5.98. The number of hydrogen-bond acceptors (Lipinski definition) is 4. The van der Waals surface area contributed by atoms with Crippen LogP contribution in [0.4, 0.5) is 11.4 Å². The summed E-state index contributed by atoms with van der Waals surface area (Å²) in [6, 6.07) is 17.8. The largest absolute Gasteiger partial charge is 0.484 e. The molecule has 0 aliphatic rings. The second-order valence-electron chi connectivity index (χ2n) is 6.38. The van der Waals surface area contributed by atoms with Gasteiger partial charge in [-0.15, -0.1) is 0 Å². The summed E-state index contributed by atoms with van der Waals surface area (Å²) >= 11 is 9.34. The molecule has 0 aliphatic carbocycles. The van der Waals surface area contributed by atoms with Crippen LogP contribution >= 0.6 is 27.5 Å². The van der Waals surface area contributed by atoms with Crippen LogP contribution in [0.25, 0.3) is 0 Å². The molecule has 0 bridgehead atoms. The Hall–Kier alpha value is -2.55. The van der Waals surface area contributed by atoms with Gasteiger partial charge in [-0.25, -0.2) is 8.42 Å². The van der Waals surface area contributed by atoms with Crippen molar-refractivity contribution in [3.8, 4) is 5.75 Å². The Morgan fingerprint density at radius 2 is 1.63 bits per heavy atom. The Bertz CT molecular complexity index is 1150. The molecule has 0 saturated heterocycles. The zero-order valence-electron chi connectivity index (χ0n) is 15.9. The molecular weight excluding hydrogens is 492 g/mol. The fraction of sp³-hybridized carbons (Fsp3) is 0.0952. The molecule has 9 heteroatoms. The van der Waals surface area contributed by atoms with Gasteiger partial charge in [0, 0.05) is 20.9 Å². The number of aryl methyl sites for hydroxylation is 1. The summed E-state index contributed by atoms with van der Waals surface area (Å²) < 4.78 is 33.7. The van der Waals surface area contributed by atoms with Gasteiger partial charge in [-0.05, 0) is 73.2 Å². The number of sulfonamides is 1. The van der Waals surface area contributed by atoms with Gasteiger partial charge in [0.1, 0.15) is 5.75 Å². The van der Waals surface area contributed by atoms with Crippen LogP contribution in [0.15, 0.2) is 76.1 Å². The number of nitrogens with one attached hydrogen (secondary N) is 2. The summed E-state index contributed by atoms with van der Waals surface area (Å²) in [6.45, 7) is 1.64. The number of rotatable bonds is 7. The SMILES string of the molecule is Cc1ccc(NC(=O)COc2ccc(S(=O)(=O)Nc3ccc(Br)cc3)cc2)cc1Cl. The van der Waals surface area contributed by atoms with Gasteiger partial charge in [0.2, 0.25) is 0 Å². The third-order valence-electron chi connectivity index (χ3n) is 4.06. The molecule has 30 heavy (non-hydrogen) atoms. The smallest absolute Gasteiger partial charge is 0.262 e. The van der Waals surface area contributed by atoms with E-state index in [0.717, 1.165) is 10.0 Å². The minimum Gasteiger partial charge on any atom is -0.484 e. The lowest BCUT2D eigenvalue weighted by molar-refractivity contribution is -0.118. The number of benzene rings is 3. The maximum absolute atomic E-state index is 12.5. The molecule has 156 valence electrons. The fourth-order valence-electron chi connectivity index (χ4n) is 2.46. The molecule has 3 aromatic rings. The molecule has 3 aromatic carbocycles. The minimum absolute atomic E-state index is 0.0801. The fourth-order valence-corrected chi connectivity index (χ4v) is 3.97. The van der Waals surface area contributed by atoms with Gasteiger partial charge in [-0.2, -0.15) is 0 Å². The number of ether oxygens (including phenoxy) is 1. The molecule has 0 unspecified atom stereocenters. The van der Waals surface area contributed by atoms with Gasteiger partial charge < -0.3 is 10.1 Å². The first-order valence-corrected chi connectivity index (χ1v) is 11.5. The molecule has 0 radical (unpaired) electrons. The van der Waals surface area contributed by atoms with Crippen LogP contribution in [0.2, 0.25) is 5.02 Å². The highest BCUT2D eigenvalue weighted by molar-refractivity contribution is 9.10. The van der Waals surface area contributed by atoms with Crippen molar-refractivity contribution in [1.82, 2.24) is 0 Å². The summed E-state index contributed by atoms with van der Waals surface area (Å²) in [4.78, 5) is 12.1. The van der Waals surface area contributed by atoms with Gasteiger partial charge in [0.15, 0.2) is 6.61 Å². The summed E-state index contributed by atoms with van der Waals surface area (Å²) in [7, 11) is -3.74. The quantitative estimate of drug-likeness (QED) is 0.457. The molecule has 2 N–H and O–H groups in total. The van der Waals surface area contributed by atoms with Gasteiger partial charge in [0.25, 0.3) is 15.9 Å². The topological polar surface area (TPSA) is 84.5 Å². The Labute approximate surface area is 188 Å². The summed E-state index contributed by atoms with van der Waals surface area (Å²) in [5.41, 5.74) is 1.93. The van der Waals surface area contributed by atoms with Crippen LogP contribution in [0, 0.1) is 6.92 Å². The lowest BCUT2D eigenvalue weighted by Crippen LogP contribution is -2.20. The van der Waals surface area contributed by atoms with Crippen LogP contribution < -0.4 is 14.8 Å². The van der Waals surface area contributed by atoms with Crippen LogP contribution in [-0.2, 0) is 14.8 Å². The number of hydrogen-bond donors (Lipinski definition) is 2. The highest BCUT2D eigenvalue weighted by Gasteiger charge is 2.14. The standard InChI is InChI=1S/C21H18BrClN2O4S/c1-14-2-5-17(12-20(14)23)24-21(26)13-29-18-8-10-19(11-9-18)30(27,28)25-16-6-3-15(22)4-7-16/h2-12,25H,13H2,1H3,(H,24,26).